The van der Waals surface area contributed by atoms with Crippen LogP contribution >= 0.6 is 0 Å². The van der Waals surface area contributed by atoms with Gasteiger partial charge in [-0.1, -0.05) is 38.8 Å². The molecule has 1 aromatic rings. The van der Waals surface area contributed by atoms with Gasteiger partial charge in [0.05, 0.1) is 4.90 Å². The first kappa shape index (κ1) is 16.5. The zero-order valence-electron chi connectivity index (χ0n) is 13.0. The van der Waals surface area contributed by atoms with Crippen molar-refractivity contribution >= 4 is 10.0 Å². The summed E-state index contributed by atoms with van der Waals surface area (Å²) >= 11 is 0. The fourth-order valence-electron chi connectivity index (χ4n) is 3.09. The number of nitrogens with zero attached hydrogens (tertiary/aromatic N) is 1. The third-order valence-electron chi connectivity index (χ3n) is 4.38. The minimum absolute atomic E-state index is 0.110. The SMILES string of the molecule is CCC(N)c1cccc(S(=O)(=O)N(CC)C2CCCC2)c1. The number of rotatable bonds is 6. The lowest BCUT2D eigenvalue weighted by molar-refractivity contribution is 0.335. The van der Waals surface area contributed by atoms with Crippen molar-refractivity contribution in [3.8, 4) is 0 Å². The van der Waals surface area contributed by atoms with Crippen LogP contribution < -0.4 is 5.73 Å². The van der Waals surface area contributed by atoms with Crippen molar-refractivity contribution in [1.29, 1.82) is 0 Å². The summed E-state index contributed by atoms with van der Waals surface area (Å²) in [6, 6.07) is 7.16. The first-order valence-electron chi connectivity index (χ1n) is 7.88. The molecule has 0 bridgehead atoms. The average Bonchev–Trinajstić information content (AvgIpc) is 3.01. The van der Waals surface area contributed by atoms with Crippen molar-refractivity contribution in [2.24, 2.45) is 5.73 Å². The monoisotopic (exact) mass is 310 g/mol. The van der Waals surface area contributed by atoms with Gasteiger partial charge in [-0.3, -0.25) is 0 Å². The predicted octanol–water partition coefficient (Wildman–Crippen LogP) is 3.05. The Labute approximate surface area is 128 Å². The molecule has 0 heterocycles. The topological polar surface area (TPSA) is 63.4 Å². The molecule has 0 spiro atoms. The molecule has 2 rings (SSSR count). The molecule has 0 aliphatic heterocycles. The molecule has 1 saturated carbocycles. The second-order valence-corrected chi connectivity index (χ2v) is 7.62. The van der Waals surface area contributed by atoms with E-state index >= 15 is 0 Å². The zero-order chi connectivity index (χ0) is 15.5. The summed E-state index contributed by atoms with van der Waals surface area (Å²) in [6.07, 6.45) is 4.99. The Morgan fingerprint density at radius 1 is 1.29 bits per heavy atom. The molecule has 4 nitrogen and oxygen atoms in total. The van der Waals surface area contributed by atoms with Crippen molar-refractivity contribution in [3.63, 3.8) is 0 Å². The maximum Gasteiger partial charge on any atom is 0.243 e. The molecule has 0 amide bonds. The maximum absolute atomic E-state index is 12.9. The molecular formula is C16H26N2O2S. The van der Waals surface area contributed by atoms with Crippen molar-refractivity contribution in [3.05, 3.63) is 29.8 Å². The molecule has 0 saturated heterocycles. The zero-order valence-corrected chi connectivity index (χ0v) is 13.8. The number of hydrogen-bond donors (Lipinski definition) is 1. The molecule has 1 fully saturated rings. The van der Waals surface area contributed by atoms with Crippen LogP contribution in [0.25, 0.3) is 0 Å². The van der Waals surface area contributed by atoms with E-state index in [1.807, 2.05) is 19.9 Å². The van der Waals surface area contributed by atoms with Gasteiger partial charge in [-0.05, 0) is 37.0 Å². The minimum Gasteiger partial charge on any atom is -0.324 e. The van der Waals surface area contributed by atoms with Crippen LogP contribution in [0, 0.1) is 0 Å². The van der Waals surface area contributed by atoms with Gasteiger partial charge < -0.3 is 5.73 Å². The van der Waals surface area contributed by atoms with Crippen molar-refractivity contribution in [2.75, 3.05) is 6.54 Å². The highest BCUT2D eigenvalue weighted by molar-refractivity contribution is 7.89. The minimum atomic E-state index is -3.42. The quantitative estimate of drug-likeness (QED) is 0.878. The van der Waals surface area contributed by atoms with Gasteiger partial charge in [-0.2, -0.15) is 4.31 Å². The van der Waals surface area contributed by atoms with Gasteiger partial charge in [0.15, 0.2) is 0 Å². The molecule has 1 aliphatic carbocycles. The van der Waals surface area contributed by atoms with Crippen LogP contribution in [0.5, 0.6) is 0 Å². The number of sulfonamides is 1. The molecule has 0 aromatic heterocycles. The highest BCUT2D eigenvalue weighted by atomic mass is 32.2. The Hall–Kier alpha value is -0.910. The van der Waals surface area contributed by atoms with Crippen LogP contribution in [0.1, 0.15) is 57.6 Å². The number of benzene rings is 1. The van der Waals surface area contributed by atoms with Gasteiger partial charge in [-0.15, -0.1) is 0 Å². The summed E-state index contributed by atoms with van der Waals surface area (Å²) in [5, 5.41) is 0. The Bertz CT molecular complexity index is 565. The third kappa shape index (κ3) is 3.47. The summed E-state index contributed by atoms with van der Waals surface area (Å²) in [5.74, 6) is 0. The second kappa shape index (κ2) is 6.90. The molecule has 1 atom stereocenters. The molecule has 0 radical (unpaired) electrons. The van der Waals surface area contributed by atoms with Crippen molar-refractivity contribution in [1.82, 2.24) is 4.31 Å². The lowest BCUT2D eigenvalue weighted by Crippen LogP contribution is -2.38. The highest BCUT2D eigenvalue weighted by Gasteiger charge is 2.32. The number of hydrogen-bond acceptors (Lipinski definition) is 3. The standard InChI is InChI=1S/C16H26N2O2S/c1-3-16(17)13-8-7-11-15(12-13)21(19,20)18(4-2)14-9-5-6-10-14/h7-8,11-12,14,16H,3-6,9-10,17H2,1-2H3. The van der Waals surface area contributed by atoms with Crippen LogP contribution in [0.15, 0.2) is 29.2 Å². The van der Waals surface area contributed by atoms with E-state index in [4.69, 9.17) is 5.73 Å². The van der Waals surface area contributed by atoms with Crippen LogP contribution in [0.3, 0.4) is 0 Å². The molecular weight excluding hydrogens is 284 g/mol. The first-order valence-corrected chi connectivity index (χ1v) is 9.32. The van der Waals surface area contributed by atoms with Gasteiger partial charge in [0.1, 0.15) is 0 Å². The fourth-order valence-corrected chi connectivity index (χ4v) is 4.84. The largest absolute Gasteiger partial charge is 0.324 e. The van der Waals surface area contributed by atoms with E-state index in [1.54, 1.807) is 22.5 Å². The van der Waals surface area contributed by atoms with Crippen LogP contribution in [0.4, 0.5) is 0 Å². The normalized spacial score (nSPS) is 18.3. The molecule has 118 valence electrons. The Morgan fingerprint density at radius 2 is 1.95 bits per heavy atom. The van der Waals surface area contributed by atoms with Crippen molar-refractivity contribution in [2.45, 2.75) is 62.9 Å². The lowest BCUT2D eigenvalue weighted by atomic mass is 10.1. The summed E-state index contributed by atoms with van der Waals surface area (Å²) in [5.41, 5.74) is 6.92. The van der Waals surface area contributed by atoms with Gasteiger partial charge in [0, 0.05) is 18.6 Å². The molecule has 1 unspecified atom stereocenters. The fraction of sp³-hybridized carbons (Fsp3) is 0.625. The van der Waals surface area contributed by atoms with E-state index in [9.17, 15) is 8.42 Å². The Morgan fingerprint density at radius 3 is 2.52 bits per heavy atom. The van der Waals surface area contributed by atoms with Gasteiger partial charge >= 0.3 is 0 Å². The smallest absolute Gasteiger partial charge is 0.243 e. The van der Waals surface area contributed by atoms with E-state index in [2.05, 4.69) is 0 Å². The van der Waals surface area contributed by atoms with Gasteiger partial charge in [0.2, 0.25) is 10.0 Å². The van der Waals surface area contributed by atoms with E-state index in [0.717, 1.165) is 37.7 Å². The summed E-state index contributed by atoms with van der Waals surface area (Å²) < 4.78 is 27.5. The van der Waals surface area contributed by atoms with Crippen LogP contribution in [-0.2, 0) is 10.0 Å². The van der Waals surface area contributed by atoms with Crippen LogP contribution in [0.2, 0.25) is 0 Å². The Balaban J connectivity index is 2.33. The van der Waals surface area contributed by atoms with E-state index in [-0.39, 0.29) is 12.1 Å². The number of nitrogens with two attached hydrogens (primary N) is 1. The van der Waals surface area contributed by atoms with Crippen molar-refractivity contribution < 1.29 is 8.42 Å². The third-order valence-corrected chi connectivity index (χ3v) is 6.40. The average molecular weight is 310 g/mol. The van der Waals surface area contributed by atoms with E-state index in [0.29, 0.717) is 11.4 Å². The summed E-state index contributed by atoms with van der Waals surface area (Å²) in [4.78, 5) is 0.373. The highest BCUT2D eigenvalue weighted by Crippen LogP contribution is 2.29. The Kier molecular flexibility index (Phi) is 5.41. The molecule has 5 heteroatoms. The molecule has 1 aromatic carbocycles. The molecule has 1 aliphatic rings. The van der Waals surface area contributed by atoms with Gasteiger partial charge in [-0.25, -0.2) is 8.42 Å². The maximum atomic E-state index is 12.9. The lowest BCUT2D eigenvalue weighted by Gasteiger charge is -2.27. The van der Waals surface area contributed by atoms with Crippen LogP contribution in [-0.4, -0.2) is 25.3 Å². The second-order valence-electron chi connectivity index (χ2n) is 5.73. The van der Waals surface area contributed by atoms with E-state index < -0.39 is 10.0 Å². The predicted molar refractivity (Wildman–Crippen MR) is 85.5 cm³/mol. The van der Waals surface area contributed by atoms with E-state index in [1.165, 1.54) is 0 Å². The van der Waals surface area contributed by atoms with Gasteiger partial charge in [0.25, 0.3) is 0 Å². The molecule has 21 heavy (non-hydrogen) atoms. The molecule has 2 N–H and O–H groups in total. The summed E-state index contributed by atoms with van der Waals surface area (Å²) in [7, 11) is -3.42. The summed E-state index contributed by atoms with van der Waals surface area (Å²) in [6.45, 7) is 4.44. The first-order chi connectivity index (χ1) is 10.0.